The number of fused-ring (bicyclic) bond motifs is 1. The highest BCUT2D eigenvalue weighted by atomic mass is 32.1. The number of aromatic nitrogens is 4. The molecule has 1 aliphatic heterocycles. The van der Waals surface area contributed by atoms with E-state index in [1.165, 1.54) is 16.8 Å². The summed E-state index contributed by atoms with van der Waals surface area (Å²) in [5.41, 5.74) is -0.0800. The van der Waals surface area contributed by atoms with Crippen LogP contribution in [0.3, 0.4) is 0 Å². The van der Waals surface area contributed by atoms with Crippen LogP contribution in [-0.2, 0) is 10.9 Å². The molecule has 4 rings (SSSR count). The molecular formula is C19H20F3N5O3S. The predicted octanol–water partition coefficient (Wildman–Crippen LogP) is 3.89. The highest BCUT2D eigenvalue weighted by Crippen LogP contribution is 2.35. The molecule has 0 aromatic carbocycles. The Balaban J connectivity index is 1.62. The van der Waals surface area contributed by atoms with Crippen LogP contribution in [0.15, 0.2) is 22.4 Å². The van der Waals surface area contributed by atoms with Crippen molar-refractivity contribution in [3.05, 3.63) is 39.4 Å². The van der Waals surface area contributed by atoms with Crippen molar-refractivity contribution < 1.29 is 22.7 Å². The van der Waals surface area contributed by atoms with Crippen LogP contribution in [0.4, 0.5) is 18.0 Å². The van der Waals surface area contributed by atoms with Crippen molar-refractivity contribution in [3.8, 4) is 10.6 Å². The van der Waals surface area contributed by atoms with E-state index < -0.39 is 11.9 Å². The minimum absolute atomic E-state index is 0.0392. The molecule has 31 heavy (non-hydrogen) atoms. The normalized spacial score (nSPS) is 15.7. The Morgan fingerprint density at radius 1 is 1.32 bits per heavy atom. The molecular weight excluding hydrogens is 435 g/mol. The monoisotopic (exact) mass is 455 g/mol. The average molecular weight is 455 g/mol. The molecule has 4 heterocycles. The smallest absolute Gasteiger partial charge is 0.434 e. The van der Waals surface area contributed by atoms with Gasteiger partial charge in [0.25, 0.3) is 5.56 Å². The van der Waals surface area contributed by atoms with Crippen LogP contribution < -0.4 is 5.56 Å². The first-order chi connectivity index (χ1) is 14.6. The maximum atomic E-state index is 12.9. The number of nitrogens with zero attached hydrogens (tertiary/aromatic N) is 4. The van der Waals surface area contributed by atoms with E-state index in [1.807, 2.05) is 0 Å². The highest BCUT2D eigenvalue weighted by molar-refractivity contribution is 7.13. The van der Waals surface area contributed by atoms with Gasteiger partial charge in [-0.2, -0.15) is 18.3 Å². The van der Waals surface area contributed by atoms with Crippen LogP contribution in [0.5, 0.6) is 0 Å². The van der Waals surface area contributed by atoms with Crippen LogP contribution in [-0.4, -0.2) is 49.8 Å². The minimum Gasteiger partial charge on any atom is -0.447 e. The Hall–Kier alpha value is -2.89. The number of ether oxygens (including phenoxy) is 1. The van der Waals surface area contributed by atoms with E-state index in [2.05, 4.69) is 15.1 Å². The molecule has 1 amide bonds. The number of hydrogen-bond donors (Lipinski definition) is 1. The second-order valence-corrected chi connectivity index (χ2v) is 8.46. The molecule has 8 nitrogen and oxygen atoms in total. The van der Waals surface area contributed by atoms with E-state index in [0.29, 0.717) is 42.8 Å². The second-order valence-electron chi connectivity index (χ2n) is 7.61. The maximum absolute atomic E-state index is 12.9. The molecule has 0 aliphatic carbocycles. The van der Waals surface area contributed by atoms with Crippen molar-refractivity contribution in [2.45, 2.75) is 44.9 Å². The summed E-state index contributed by atoms with van der Waals surface area (Å²) in [6, 6.07) is 1.44. The van der Waals surface area contributed by atoms with Gasteiger partial charge >= 0.3 is 12.3 Å². The first-order valence-corrected chi connectivity index (χ1v) is 10.6. The second kappa shape index (κ2) is 7.98. The van der Waals surface area contributed by atoms with E-state index in [4.69, 9.17) is 4.74 Å². The van der Waals surface area contributed by atoms with Crippen molar-refractivity contribution in [2.75, 3.05) is 13.1 Å². The molecule has 0 unspecified atom stereocenters. The lowest BCUT2D eigenvalue weighted by Gasteiger charge is -2.31. The number of rotatable bonds is 3. The van der Waals surface area contributed by atoms with Crippen LogP contribution in [0, 0.1) is 0 Å². The molecule has 0 saturated carbocycles. The van der Waals surface area contributed by atoms with Crippen molar-refractivity contribution in [2.24, 2.45) is 0 Å². The van der Waals surface area contributed by atoms with Gasteiger partial charge in [-0.3, -0.25) is 4.79 Å². The fraction of sp³-hybridized carbons (Fsp3) is 0.474. The third-order valence-corrected chi connectivity index (χ3v) is 5.94. The summed E-state index contributed by atoms with van der Waals surface area (Å²) < 4.78 is 45.5. The number of nitrogens with one attached hydrogen (secondary N) is 1. The van der Waals surface area contributed by atoms with Gasteiger partial charge in [-0.1, -0.05) is 0 Å². The van der Waals surface area contributed by atoms with Crippen molar-refractivity contribution in [1.29, 1.82) is 0 Å². The Bertz CT molecular complexity index is 1160. The predicted molar refractivity (Wildman–Crippen MR) is 107 cm³/mol. The molecule has 166 valence electrons. The third kappa shape index (κ3) is 4.29. The van der Waals surface area contributed by atoms with E-state index in [1.54, 1.807) is 18.7 Å². The van der Waals surface area contributed by atoms with Gasteiger partial charge in [0.1, 0.15) is 10.7 Å². The lowest BCUT2D eigenvalue weighted by molar-refractivity contribution is -0.140. The summed E-state index contributed by atoms with van der Waals surface area (Å²) in [4.78, 5) is 32.4. The maximum Gasteiger partial charge on any atom is 0.434 e. The molecule has 1 fully saturated rings. The van der Waals surface area contributed by atoms with Gasteiger partial charge < -0.3 is 14.6 Å². The lowest BCUT2D eigenvalue weighted by atomic mass is 9.93. The zero-order chi connectivity index (χ0) is 22.3. The van der Waals surface area contributed by atoms with Crippen molar-refractivity contribution in [3.63, 3.8) is 0 Å². The topological polar surface area (TPSA) is 92.6 Å². The Morgan fingerprint density at radius 2 is 2.03 bits per heavy atom. The number of halogens is 3. The summed E-state index contributed by atoms with van der Waals surface area (Å²) >= 11 is 0.840. The largest absolute Gasteiger partial charge is 0.447 e. The van der Waals surface area contributed by atoms with Gasteiger partial charge in [-0.15, -0.1) is 11.3 Å². The van der Waals surface area contributed by atoms with Gasteiger partial charge in [-0.25, -0.2) is 14.3 Å². The molecule has 0 radical (unpaired) electrons. The van der Waals surface area contributed by atoms with Gasteiger partial charge in [0.05, 0.1) is 23.6 Å². The lowest BCUT2D eigenvalue weighted by Crippen LogP contribution is -2.39. The molecule has 0 bridgehead atoms. The van der Waals surface area contributed by atoms with Gasteiger partial charge in [0.2, 0.25) is 0 Å². The zero-order valence-electron chi connectivity index (χ0n) is 16.8. The third-order valence-electron chi connectivity index (χ3n) is 5.07. The number of thiazole rings is 1. The van der Waals surface area contributed by atoms with Crippen molar-refractivity contribution in [1.82, 2.24) is 24.5 Å². The molecule has 0 atom stereocenters. The highest BCUT2D eigenvalue weighted by Gasteiger charge is 2.34. The first kappa shape index (κ1) is 21.3. The molecule has 3 aromatic rings. The number of aromatic amines is 1. The van der Waals surface area contributed by atoms with Crippen LogP contribution in [0.25, 0.3) is 16.2 Å². The Labute approximate surface area is 178 Å². The molecule has 12 heteroatoms. The van der Waals surface area contributed by atoms with Gasteiger partial charge in [0.15, 0.2) is 5.69 Å². The van der Waals surface area contributed by atoms with Gasteiger partial charge in [-0.05, 0) is 26.7 Å². The van der Waals surface area contributed by atoms with Crippen LogP contribution >= 0.6 is 11.3 Å². The standard InChI is InChI=1S/C19H20F3N5O3S/c1-10(2)30-18(29)26-5-3-11(4-6-26)13-7-15(28)25-16-12(8-23-27(13)16)17-24-14(9-31-17)19(20,21)22/h7-11H,3-6H2,1-2H3,(H,25,28). The summed E-state index contributed by atoms with van der Waals surface area (Å²) in [5.74, 6) is -0.0392. The first-order valence-electron chi connectivity index (χ1n) is 9.73. The van der Waals surface area contributed by atoms with Crippen molar-refractivity contribution >= 4 is 23.1 Å². The summed E-state index contributed by atoms with van der Waals surface area (Å²) in [7, 11) is 0. The number of piperidine rings is 1. The number of likely N-dealkylation sites (tertiary alicyclic amines) is 1. The minimum atomic E-state index is -4.54. The summed E-state index contributed by atoms with van der Waals surface area (Å²) in [6.45, 7) is 4.51. The molecule has 0 spiro atoms. The molecule has 3 aromatic heterocycles. The summed E-state index contributed by atoms with van der Waals surface area (Å²) in [5, 5.41) is 5.37. The molecule has 1 N–H and O–H groups in total. The van der Waals surface area contributed by atoms with E-state index in [9.17, 15) is 22.8 Å². The number of H-pyrrole nitrogens is 1. The van der Waals surface area contributed by atoms with E-state index in [0.717, 1.165) is 16.7 Å². The number of alkyl halides is 3. The SMILES string of the molecule is CC(C)OC(=O)N1CCC(c2cc(=O)[nH]c3c(-c4nc(C(F)(F)F)cs4)cnn23)CC1. The quantitative estimate of drug-likeness (QED) is 0.647. The number of carbonyl (C=O) groups excluding carboxylic acids is 1. The van der Waals surface area contributed by atoms with E-state index in [-0.39, 0.29) is 28.7 Å². The number of carbonyl (C=O) groups is 1. The molecule has 1 saturated heterocycles. The number of hydrogen-bond acceptors (Lipinski definition) is 6. The zero-order valence-corrected chi connectivity index (χ0v) is 17.6. The Kier molecular flexibility index (Phi) is 5.50. The van der Waals surface area contributed by atoms with Crippen LogP contribution in [0.1, 0.15) is 44.0 Å². The molecule has 1 aliphatic rings. The Morgan fingerprint density at radius 3 is 2.65 bits per heavy atom. The van der Waals surface area contributed by atoms with Crippen LogP contribution in [0.2, 0.25) is 0 Å². The number of amides is 1. The summed E-state index contributed by atoms with van der Waals surface area (Å²) in [6.07, 6.45) is -2.49. The van der Waals surface area contributed by atoms with E-state index >= 15 is 0 Å². The van der Waals surface area contributed by atoms with Gasteiger partial charge in [0, 0.05) is 30.5 Å². The fourth-order valence-electron chi connectivity index (χ4n) is 3.62. The average Bonchev–Trinajstić information content (AvgIpc) is 3.33. The fourth-order valence-corrected chi connectivity index (χ4v) is 4.46.